The lowest BCUT2D eigenvalue weighted by molar-refractivity contribution is -0.138. The van der Waals surface area contributed by atoms with E-state index in [0.29, 0.717) is 137 Å². The summed E-state index contributed by atoms with van der Waals surface area (Å²) in [5, 5.41) is 59.6. The van der Waals surface area contributed by atoms with E-state index >= 15 is 0 Å². The van der Waals surface area contributed by atoms with Gasteiger partial charge in [-0.25, -0.2) is 22.4 Å². The number of benzene rings is 23. The maximum Gasteiger partial charge on any atom is 0.416 e. The van der Waals surface area contributed by atoms with E-state index in [-0.39, 0.29) is 68.0 Å². The molecular formula is C128H78F10N12. The van der Waals surface area contributed by atoms with E-state index in [1.165, 1.54) is 65.8 Å². The average Bonchev–Trinajstić information content (AvgIpc) is 0.715. The number of alkyl halides is 6. The zero-order valence-corrected chi connectivity index (χ0v) is 77.2. The first-order chi connectivity index (χ1) is 83.9. The molecule has 0 spiro atoms. The molecule has 150 heavy (non-hydrogen) atoms. The molecule has 23 aromatic rings. The molecule has 0 aromatic heterocycles. The van der Waals surface area contributed by atoms with Gasteiger partial charge in [0.2, 0.25) is 0 Å². The van der Waals surface area contributed by atoms with Crippen LogP contribution in [0.4, 0.5) is 146 Å². The lowest BCUT2D eigenvalue weighted by atomic mass is 9.85. The number of hydrogen-bond donors (Lipinski definition) is 0. The molecule has 12 nitrogen and oxygen atoms in total. The summed E-state index contributed by atoms with van der Waals surface area (Å²) in [6.07, 6.45) is -15.2. The van der Waals surface area contributed by atoms with Crippen LogP contribution in [0.3, 0.4) is 0 Å². The first kappa shape index (κ1) is 69.2. The van der Waals surface area contributed by atoms with Crippen molar-refractivity contribution in [2.45, 2.75) is 44.0 Å². The van der Waals surface area contributed by atoms with Crippen LogP contribution in [-0.2, 0) is 12.4 Å². The minimum Gasteiger partial charge on any atom is -0.338 e. The second kappa shape index (κ2) is 39.4. The lowest BCUT2D eigenvalue weighted by Crippen LogP contribution is -2.34. The molecule has 1 fully saturated rings. The molecule has 0 amide bonds. The molecule has 23 aromatic carbocycles. The smallest absolute Gasteiger partial charge is 0.338 e. The quantitative estimate of drug-likeness (QED) is 0.0460. The summed E-state index contributed by atoms with van der Waals surface area (Å²) >= 11 is 0. The number of nitriles is 5. The summed E-state index contributed by atoms with van der Waals surface area (Å²) in [5.74, 6) is -5.49. The summed E-state index contributed by atoms with van der Waals surface area (Å²) < 4.78 is 367. The van der Waals surface area contributed by atoms with Crippen molar-refractivity contribution >= 4 is 199 Å². The molecule has 22 heteroatoms. The van der Waals surface area contributed by atoms with Crippen LogP contribution in [0, 0.1) is 92.4 Å². The Morgan fingerprint density at radius 1 is 0.280 bits per heavy atom. The normalized spacial score (nSPS) is 17.4. The Morgan fingerprint density at radius 2 is 0.560 bits per heavy atom. The molecule has 1 aliphatic rings. The summed E-state index contributed by atoms with van der Waals surface area (Å²) in [5.41, 5.74) is -0.651. The van der Waals surface area contributed by atoms with Gasteiger partial charge in [0.25, 0.3) is 0 Å². The Morgan fingerprint density at radius 3 is 0.873 bits per heavy atom. The highest BCUT2D eigenvalue weighted by molar-refractivity contribution is 6.31. The molecule has 1 saturated carbocycles. The molecule has 1 aliphatic carbocycles. The summed E-state index contributed by atoms with van der Waals surface area (Å²) in [6, 6.07) is 63.6. The van der Waals surface area contributed by atoms with Gasteiger partial charge in [-0.3, -0.25) is 0 Å². The van der Waals surface area contributed by atoms with E-state index in [0.717, 1.165) is 59.3 Å². The number of hydrogen-bond acceptors (Lipinski definition) is 11. The minimum absolute atomic E-state index is 0.0264. The van der Waals surface area contributed by atoms with Crippen LogP contribution in [0.1, 0.15) is 94.6 Å². The number of para-hydroxylation sites is 2. The van der Waals surface area contributed by atoms with Gasteiger partial charge >= 0.3 is 12.4 Å². The van der Waals surface area contributed by atoms with E-state index < -0.39 is 223 Å². The third-order valence-electron chi connectivity index (χ3n) is 25.9. The van der Waals surface area contributed by atoms with E-state index in [4.69, 9.17) is 42.2 Å². The number of rotatable bonds is 18. The van der Waals surface area contributed by atoms with Crippen LogP contribution in [0.25, 0.3) is 102 Å². The first-order valence-electron chi connectivity index (χ1n) is 59.1. The van der Waals surface area contributed by atoms with E-state index in [1.54, 1.807) is 176 Å². The highest BCUT2D eigenvalue weighted by Crippen LogP contribution is 2.55. The van der Waals surface area contributed by atoms with E-state index in [2.05, 4.69) is 10.9 Å². The Hall–Kier alpha value is -19.8. The van der Waals surface area contributed by atoms with Crippen LogP contribution >= 0.6 is 0 Å². The third kappa shape index (κ3) is 17.7. The molecule has 4 unspecified atom stereocenters. The molecule has 0 bridgehead atoms. The van der Waals surface area contributed by atoms with Crippen LogP contribution in [0.15, 0.2) is 412 Å². The fourth-order valence-electron chi connectivity index (χ4n) is 19.2. The predicted molar refractivity (Wildman–Crippen MR) is 579 cm³/mol. The van der Waals surface area contributed by atoms with Gasteiger partial charge in [0, 0.05) is 118 Å². The zero-order valence-electron chi connectivity index (χ0n) is 103. The van der Waals surface area contributed by atoms with Gasteiger partial charge in [-0.05, 0) is 345 Å². The van der Waals surface area contributed by atoms with Crippen molar-refractivity contribution < 1.29 is 79.5 Å². The Labute approximate surface area is 891 Å². The highest BCUT2D eigenvalue weighted by atomic mass is 19.4. The monoisotopic (exact) mass is 2000 g/mol. The van der Waals surface area contributed by atoms with Crippen LogP contribution in [0.5, 0.6) is 0 Å². The Bertz CT molecular complexity index is 10500. The van der Waals surface area contributed by atoms with Crippen molar-refractivity contribution in [2.75, 3.05) is 29.4 Å². The lowest BCUT2D eigenvalue weighted by Gasteiger charge is -2.38. The molecule has 0 N–H and O–H groups in total. The Kier molecular flexibility index (Phi) is 18.2. The predicted octanol–water partition coefficient (Wildman–Crippen LogP) is 37.0. The molecule has 4 atom stereocenters. The maximum absolute atomic E-state index is 14.9. The van der Waals surface area contributed by atoms with Gasteiger partial charge in [-0.15, -0.1) is 0 Å². The van der Waals surface area contributed by atoms with Crippen molar-refractivity contribution in [3.05, 3.63) is 480 Å². The second-order valence-corrected chi connectivity index (χ2v) is 34.3. The van der Waals surface area contributed by atoms with Crippen molar-refractivity contribution in [1.29, 1.82) is 26.3 Å². The molecule has 0 radical (unpaired) electrons. The summed E-state index contributed by atoms with van der Waals surface area (Å²) in [4.78, 5) is 12.0. The van der Waals surface area contributed by atoms with Crippen LogP contribution in [-0.4, -0.2) is 6.04 Å². The standard InChI is InChI=1S/C44H30F6N4.2C42H24F2N4/c45-43(46,47)31-9-17-35(18-10-31)53(33-13-1-27(25-51)2-14-33)39-23-7-29-6-22-38-40(24-8-30-5-21-37(39)41(29)42(30)38)54(34-15-3-28(26-52)4-16-34)36-19-11-32(12-20-36)44(48,49)50;1-46-32-12-20-36(21-13-32)48(35-18-10-31(44)11-19-35)40-25-7-29-4-22-37-39(24-6-28-5-23-38(40)42(29)41(28)37)47(34-16-8-30(43)9-17-34)33-14-2-27(26-45)3-15-33;43-37-19-15-33(23-29(37)25-45)47(31-7-3-1-4-8-31)39-21-13-27-12-18-36-40(22-14-28-11-17-35(39)41(27)42(28)36)48(32-9-5-2-6-10-32)34-16-20-38(44)30(24-34)26-46/h1-2,5-14,17-24,28,34H,3-4,15-16H2;2-25H;1-24H/i1D,2D,3D,4D,13D,14D,15D,16D;8D,9D,10D,11D,16D,17D,18D,19D;1D,2D,3D,4D,5D,6D,7D,8D,9D,10D. The van der Waals surface area contributed by atoms with E-state index in [1.807, 2.05) is 42.5 Å². The molecule has 0 saturated heterocycles. The largest absolute Gasteiger partial charge is 0.416 e. The molecule has 720 valence electrons. The second-order valence-electron chi connectivity index (χ2n) is 34.3. The van der Waals surface area contributed by atoms with Gasteiger partial charge in [-0.1, -0.05) is 158 Å². The minimum atomic E-state index is -4.71. The Balaban J connectivity index is 0.000000144. The number of halogens is 10. The number of anilines is 17. The van der Waals surface area contributed by atoms with Gasteiger partial charge in [0.1, 0.15) is 35.4 Å². The molecular weight excluding hydrogens is 1900 g/mol. The van der Waals surface area contributed by atoms with Crippen molar-refractivity contribution in [3.63, 3.8) is 0 Å². The molecule has 0 aliphatic heterocycles. The zero-order chi connectivity index (χ0) is 126. The van der Waals surface area contributed by atoms with Gasteiger partial charge in [-0.2, -0.15) is 52.7 Å². The van der Waals surface area contributed by atoms with Crippen LogP contribution in [0.2, 0.25) is 0 Å². The van der Waals surface area contributed by atoms with E-state index in [9.17, 15) is 70.2 Å². The van der Waals surface area contributed by atoms with Gasteiger partial charge in [0.05, 0.1) is 117 Å². The van der Waals surface area contributed by atoms with Crippen molar-refractivity contribution in [2.24, 2.45) is 5.92 Å². The molecule has 0 heterocycles. The fraction of sp³-hybridized carbons (Fsp3) is 0.0625. The maximum atomic E-state index is 14.9. The van der Waals surface area contributed by atoms with Gasteiger partial charge < -0.3 is 29.4 Å². The molecule has 24 rings (SSSR count). The van der Waals surface area contributed by atoms with Crippen molar-refractivity contribution in [1.82, 2.24) is 0 Å². The first-order valence-corrected chi connectivity index (χ1v) is 45.7. The highest BCUT2D eigenvalue weighted by Gasteiger charge is 2.36. The van der Waals surface area contributed by atoms with Crippen LogP contribution < -0.4 is 29.4 Å². The summed E-state index contributed by atoms with van der Waals surface area (Å²) in [6.45, 7) is 7.44. The topological polar surface area (TPSA) is 143 Å². The SMILES string of the molecule is [2H]c1c([2H])c(N(c2ccc(C#N)cc2)c2ccc3ccc4c(N(c5ccc([N+]#[C-])cc5)c5c([2H])c([2H])c(F)c([2H])c5[2H])ccc5ccc2c3c54)c([2H])c([2H])c1F.[2H]c1c([2H])c(N(c2ccc(C(F)(F)F)cc2)c2ccc3ccc4c(N(c5ccc(C(F)(F)F)cc5)C5C([2H])C([2H])C(C#N)C([2H])C5[2H])ccc5ccc2c3c54)c([2H])c([2H])c1C#N.[2H]c1c([2H])c([2H])c(N(c2ccc(F)c(C#N)c2)c2ccc3ccc4c(N(c5ccc(F)c(C#N)c5)c5c([2H])c([2H])c([2H])c([2H])c5[2H])ccc5ccc2c3c54)c([2H])c1[2H]. The average molecular weight is 2000 g/mol. The summed E-state index contributed by atoms with van der Waals surface area (Å²) in [7, 11) is 0. The van der Waals surface area contributed by atoms with Crippen molar-refractivity contribution in [3.8, 4) is 30.3 Å². The fourth-order valence-corrected chi connectivity index (χ4v) is 19.2. The third-order valence-corrected chi connectivity index (χ3v) is 25.9. The van der Waals surface area contributed by atoms with Gasteiger partial charge in [0.15, 0.2) is 5.69 Å². The number of nitrogens with zero attached hydrogens (tertiary/aromatic N) is 12.